The summed E-state index contributed by atoms with van der Waals surface area (Å²) < 4.78 is 0. The minimum Gasteiger partial charge on any atom is -0.352 e. The third kappa shape index (κ3) is 5.15. The van der Waals surface area contributed by atoms with Crippen molar-refractivity contribution in [1.82, 2.24) is 5.32 Å². The van der Waals surface area contributed by atoms with E-state index in [9.17, 15) is 4.79 Å². The molecule has 0 aromatic heterocycles. The van der Waals surface area contributed by atoms with Crippen molar-refractivity contribution in [3.05, 3.63) is 34.9 Å². The zero-order valence-corrected chi connectivity index (χ0v) is 11.9. The third-order valence-electron chi connectivity index (χ3n) is 2.98. The molecule has 19 heavy (non-hydrogen) atoms. The Morgan fingerprint density at radius 2 is 2.16 bits per heavy atom. The van der Waals surface area contributed by atoms with Crippen molar-refractivity contribution in [3.8, 4) is 11.8 Å². The van der Waals surface area contributed by atoms with E-state index in [-0.39, 0.29) is 5.91 Å². The first kappa shape index (κ1) is 15.3. The fourth-order valence-corrected chi connectivity index (χ4v) is 1.65. The molecule has 0 saturated carbocycles. The van der Waals surface area contributed by atoms with Gasteiger partial charge >= 0.3 is 0 Å². The van der Waals surface area contributed by atoms with Gasteiger partial charge in [-0.05, 0) is 36.6 Å². The first-order chi connectivity index (χ1) is 9.06. The van der Waals surface area contributed by atoms with E-state index in [0.717, 1.165) is 17.5 Å². The van der Waals surface area contributed by atoms with Crippen molar-refractivity contribution in [2.75, 3.05) is 13.1 Å². The maximum atomic E-state index is 12.1. The Morgan fingerprint density at radius 3 is 2.79 bits per heavy atom. The number of carbonyl (C=O) groups excluding carboxylic acids is 1. The van der Waals surface area contributed by atoms with Crippen LogP contribution in [0, 0.1) is 24.7 Å². The molecule has 0 aliphatic rings. The van der Waals surface area contributed by atoms with E-state index in [1.54, 1.807) is 0 Å². The number of rotatable bonds is 4. The standard InChI is InChI=1S/C16H22N2O/c1-4-12(2)11-18-16(19)15-9-13(3)8-14(10-15)6-5-7-17/h8-10,12H,4,7,11,17H2,1-3H3,(H,18,19). The highest BCUT2D eigenvalue weighted by Gasteiger charge is 2.08. The Hall–Kier alpha value is -1.79. The number of nitrogens with one attached hydrogen (secondary N) is 1. The number of benzene rings is 1. The van der Waals surface area contributed by atoms with E-state index < -0.39 is 0 Å². The summed E-state index contributed by atoms with van der Waals surface area (Å²) in [6, 6.07) is 5.63. The Morgan fingerprint density at radius 1 is 1.42 bits per heavy atom. The van der Waals surface area contributed by atoms with Crippen LogP contribution in [-0.4, -0.2) is 19.0 Å². The normalized spacial score (nSPS) is 11.4. The molecule has 1 amide bonds. The van der Waals surface area contributed by atoms with E-state index in [4.69, 9.17) is 5.73 Å². The van der Waals surface area contributed by atoms with Crippen molar-refractivity contribution in [1.29, 1.82) is 0 Å². The zero-order valence-electron chi connectivity index (χ0n) is 11.9. The summed E-state index contributed by atoms with van der Waals surface area (Å²) >= 11 is 0. The summed E-state index contributed by atoms with van der Waals surface area (Å²) in [4.78, 5) is 12.1. The van der Waals surface area contributed by atoms with Gasteiger partial charge in [0.2, 0.25) is 0 Å². The highest BCUT2D eigenvalue weighted by atomic mass is 16.1. The van der Waals surface area contributed by atoms with Gasteiger partial charge in [-0.3, -0.25) is 4.79 Å². The van der Waals surface area contributed by atoms with E-state index in [1.165, 1.54) is 0 Å². The van der Waals surface area contributed by atoms with Gasteiger partial charge in [-0.1, -0.05) is 32.1 Å². The summed E-state index contributed by atoms with van der Waals surface area (Å²) in [7, 11) is 0. The molecule has 0 radical (unpaired) electrons. The van der Waals surface area contributed by atoms with Crippen LogP contribution in [0.4, 0.5) is 0 Å². The molecule has 3 nitrogen and oxygen atoms in total. The van der Waals surface area contributed by atoms with Crippen molar-refractivity contribution >= 4 is 5.91 Å². The number of hydrogen-bond donors (Lipinski definition) is 2. The van der Waals surface area contributed by atoms with E-state index >= 15 is 0 Å². The Balaban J connectivity index is 2.82. The number of amides is 1. The number of aryl methyl sites for hydroxylation is 1. The van der Waals surface area contributed by atoms with Crippen LogP contribution in [0.15, 0.2) is 18.2 Å². The van der Waals surface area contributed by atoms with Crippen molar-refractivity contribution in [2.45, 2.75) is 27.2 Å². The van der Waals surface area contributed by atoms with E-state index in [0.29, 0.717) is 24.6 Å². The first-order valence-electron chi connectivity index (χ1n) is 6.65. The summed E-state index contributed by atoms with van der Waals surface area (Å²) in [5.41, 5.74) is 7.87. The van der Waals surface area contributed by atoms with Crippen molar-refractivity contribution in [2.24, 2.45) is 11.7 Å². The van der Waals surface area contributed by atoms with Gasteiger partial charge in [0.1, 0.15) is 0 Å². The molecule has 1 aromatic carbocycles. The average molecular weight is 258 g/mol. The average Bonchev–Trinajstić information content (AvgIpc) is 2.41. The van der Waals surface area contributed by atoms with Gasteiger partial charge in [0.05, 0.1) is 6.54 Å². The molecule has 0 aliphatic carbocycles. The third-order valence-corrected chi connectivity index (χ3v) is 2.98. The predicted octanol–water partition coefficient (Wildman–Crippen LogP) is 2.08. The fourth-order valence-electron chi connectivity index (χ4n) is 1.65. The van der Waals surface area contributed by atoms with Gasteiger partial charge in [0.25, 0.3) is 5.91 Å². The number of nitrogens with two attached hydrogens (primary N) is 1. The number of hydrogen-bond acceptors (Lipinski definition) is 2. The van der Waals surface area contributed by atoms with Crippen LogP contribution in [0.3, 0.4) is 0 Å². The summed E-state index contributed by atoms with van der Waals surface area (Å²) in [5, 5.41) is 2.95. The molecule has 0 heterocycles. The van der Waals surface area contributed by atoms with E-state index in [1.807, 2.05) is 25.1 Å². The topological polar surface area (TPSA) is 55.1 Å². The molecule has 3 N–H and O–H groups in total. The maximum Gasteiger partial charge on any atom is 0.251 e. The molecular weight excluding hydrogens is 236 g/mol. The van der Waals surface area contributed by atoms with Crippen molar-refractivity contribution in [3.63, 3.8) is 0 Å². The second-order valence-corrected chi connectivity index (χ2v) is 4.82. The molecule has 102 valence electrons. The van der Waals surface area contributed by atoms with Crippen LogP contribution in [-0.2, 0) is 0 Å². The number of carbonyl (C=O) groups is 1. The minimum absolute atomic E-state index is 0.0419. The molecule has 3 heteroatoms. The molecule has 0 aliphatic heterocycles. The van der Waals surface area contributed by atoms with Gasteiger partial charge < -0.3 is 11.1 Å². The molecule has 1 unspecified atom stereocenters. The monoisotopic (exact) mass is 258 g/mol. The van der Waals surface area contributed by atoms with E-state index in [2.05, 4.69) is 31.0 Å². The van der Waals surface area contributed by atoms with Gasteiger partial charge in [0.15, 0.2) is 0 Å². The zero-order chi connectivity index (χ0) is 14.3. The van der Waals surface area contributed by atoms with Crippen LogP contribution in [0.25, 0.3) is 0 Å². The second kappa shape index (κ2) is 7.60. The largest absolute Gasteiger partial charge is 0.352 e. The Kier molecular flexibility index (Phi) is 6.11. The summed E-state index contributed by atoms with van der Waals surface area (Å²) in [6.07, 6.45) is 1.06. The van der Waals surface area contributed by atoms with Gasteiger partial charge in [-0.25, -0.2) is 0 Å². The Labute approximate surface area is 115 Å². The SMILES string of the molecule is CCC(C)CNC(=O)c1cc(C)cc(C#CCN)c1. The lowest BCUT2D eigenvalue weighted by atomic mass is 10.1. The highest BCUT2D eigenvalue weighted by molar-refractivity contribution is 5.94. The quantitative estimate of drug-likeness (QED) is 0.812. The van der Waals surface area contributed by atoms with Crippen LogP contribution >= 0.6 is 0 Å². The molecule has 1 aromatic rings. The van der Waals surface area contributed by atoms with Gasteiger partial charge in [-0.15, -0.1) is 0 Å². The smallest absolute Gasteiger partial charge is 0.251 e. The maximum absolute atomic E-state index is 12.1. The summed E-state index contributed by atoms with van der Waals surface area (Å²) in [5.74, 6) is 6.21. The van der Waals surface area contributed by atoms with Gasteiger partial charge in [0, 0.05) is 17.7 Å². The Bertz CT molecular complexity index is 497. The fraction of sp³-hybridized carbons (Fsp3) is 0.438. The predicted molar refractivity (Wildman–Crippen MR) is 78.9 cm³/mol. The van der Waals surface area contributed by atoms with Crippen molar-refractivity contribution < 1.29 is 4.79 Å². The summed E-state index contributed by atoms with van der Waals surface area (Å²) in [6.45, 7) is 7.22. The van der Waals surface area contributed by atoms with Crippen LogP contribution in [0.1, 0.15) is 41.8 Å². The lowest BCUT2D eigenvalue weighted by Crippen LogP contribution is -2.28. The molecule has 0 bridgehead atoms. The van der Waals surface area contributed by atoms with Crippen LogP contribution in [0.2, 0.25) is 0 Å². The molecule has 1 rings (SSSR count). The van der Waals surface area contributed by atoms with Crippen LogP contribution in [0.5, 0.6) is 0 Å². The minimum atomic E-state index is -0.0419. The lowest BCUT2D eigenvalue weighted by molar-refractivity contribution is 0.0947. The molecular formula is C16H22N2O. The highest BCUT2D eigenvalue weighted by Crippen LogP contribution is 2.09. The molecule has 0 fully saturated rings. The molecule has 0 spiro atoms. The molecule has 0 saturated heterocycles. The molecule has 1 atom stereocenters. The second-order valence-electron chi connectivity index (χ2n) is 4.82. The first-order valence-corrected chi connectivity index (χ1v) is 6.65. The lowest BCUT2D eigenvalue weighted by Gasteiger charge is -2.10. The van der Waals surface area contributed by atoms with Crippen LogP contribution < -0.4 is 11.1 Å². The van der Waals surface area contributed by atoms with Gasteiger partial charge in [-0.2, -0.15) is 0 Å².